The predicted molar refractivity (Wildman–Crippen MR) is 104 cm³/mol. The van der Waals surface area contributed by atoms with Crippen LogP contribution in [0.2, 0.25) is 0 Å². The Morgan fingerprint density at radius 2 is 1.93 bits per heavy atom. The molecule has 2 aliphatic heterocycles. The first kappa shape index (κ1) is 18.9. The van der Waals surface area contributed by atoms with Gasteiger partial charge in [0.15, 0.2) is 0 Å². The molecule has 0 aliphatic carbocycles. The number of hydrogen-bond donors (Lipinski definition) is 2. The van der Waals surface area contributed by atoms with E-state index in [1.54, 1.807) is 29.3 Å². The molecule has 2 aromatic rings. The third-order valence-electron chi connectivity index (χ3n) is 4.93. The molecule has 0 radical (unpaired) electrons. The summed E-state index contributed by atoms with van der Waals surface area (Å²) in [5.41, 5.74) is 7.26. The van der Waals surface area contributed by atoms with Gasteiger partial charge in [0.25, 0.3) is 0 Å². The zero-order chi connectivity index (χ0) is 20.5. The zero-order valence-electron chi connectivity index (χ0n) is 15.4. The SMILES string of the molecule is N=Cc1ccc(OC2CN(C(=O)N3N=CC[C@H]3c3cc(F)cc(F)c3)C2)cc1N. The van der Waals surface area contributed by atoms with Gasteiger partial charge in [-0.15, -0.1) is 0 Å². The van der Waals surface area contributed by atoms with Crippen LogP contribution in [0.4, 0.5) is 19.3 Å². The van der Waals surface area contributed by atoms with E-state index < -0.39 is 17.7 Å². The molecule has 0 aromatic heterocycles. The molecule has 1 fully saturated rings. The van der Waals surface area contributed by atoms with Crippen molar-refractivity contribution in [2.45, 2.75) is 18.6 Å². The Bertz CT molecular complexity index is 971. The predicted octanol–water partition coefficient (Wildman–Crippen LogP) is 3.16. The fourth-order valence-corrected chi connectivity index (χ4v) is 3.41. The lowest BCUT2D eigenvalue weighted by atomic mass is 10.0. The fourth-order valence-electron chi connectivity index (χ4n) is 3.41. The van der Waals surface area contributed by atoms with E-state index in [4.69, 9.17) is 15.9 Å². The standard InChI is InChI=1S/C20H19F2N5O2/c21-14-5-13(6-15(22)7-14)19-3-4-25-27(19)20(28)26-10-17(11-26)29-16-2-1-12(9-23)18(24)8-16/h1-2,4-9,17,19,23H,3,10-11,24H2/t19-/m0/s1. The van der Waals surface area contributed by atoms with Gasteiger partial charge in [-0.3, -0.25) is 0 Å². The molecule has 0 unspecified atom stereocenters. The van der Waals surface area contributed by atoms with Gasteiger partial charge in [0.2, 0.25) is 0 Å². The summed E-state index contributed by atoms with van der Waals surface area (Å²) in [7, 11) is 0. The molecule has 0 bridgehead atoms. The fraction of sp³-hybridized carbons (Fsp3) is 0.250. The quantitative estimate of drug-likeness (QED) is 0.611. The number of ether oxygens (including phenoxy) is 1. The number of nitrogen functional groups attached to an aromatic ring is 1. The summed E-state index contributed by atoms with van der Waals surface area (Å²) in [4.78, 5) is 14.3. The number of nitrogens with zero attached hydrogens (tertiary/aromatic N) is 3. The van der Waals surface area contributed by atoms with Crippen LogP contribution < -0.4 is 10.5 Å². The van der Waals surface area contributed by atoms with Crippen molar-refractivity contribution in [3.8, 4) is 5.75 Å². The lowest BCUT2D eigenvalue weighted by Gasteiger charge is -2.41. The Kier molecular flexibility index (Phi) is 4.87. The molecule has 1 atom stereocenters. The molecule has 0 saturated carbocycles. The number of likely N-dealkylation sites (tertiary alicyclic amines) is 1. The second-order valence-corrected chi connectivity index (χ2v) is 6.96. The number of hydrogen-bond acceptors (Lipinski definition) is 5. The summed E-state index contributed by atoms with van der Waals surface area (Å²) in [5.74, 6) is -0.812. The van der Waals surface area contributed by atoms with Crippen molar-refractivity contribution < 1.29 is 18.3 Å². The minimum Gasteiger partial charge on any atom is -0.487 e. The van der Waals surface area contributed by atoms with Crippen molar-refractivity contribution >= 4 is 24.1 Å². The first-order valence-electron chi connectivity index (χ1n) is 9.08. The highest BCUT2D eigenvalue weighted by molar-refractivity contribution is 5.85. The van der Waals surface area contributed by atoms with Gasteiger partial charge in [0.05, 0.1) is 19.1 Å². The average Bonchev–Trinajstić information content (AvgIpc) is 3.13. The van der Waals surface area contributed by atoms with Crippen LogP contribution >= 0.6 is 0 Å². The molecule has 4 rings (SSSR count). The van der Waals surface area contributed by atoms with Crippen LogP contribution in [0.15, 0.2) is 41.5 Å². The van der Waals surface area contributed by atoms with Gasteiger partial charge in [-0.2, -0.15) is 5.10 Å². The summed E-state index contributed by atoms with van der Waals surface area (Å²) in [6, 6.07) is 7.41. The van der Waals surface area contributed by atoms with Crippen molar-refractivity contribution in [1.29, 1.82) is 5.41 Å². The van der Waals surface area contributed by atoms with Crippen molar-refractivity contribution in [1.82, 2.24) is 9.91 Å². The van der Waals surface area contributed by atoms with Gasteiger partial charge < -0.3 is 20.8 Å². The molecular formula is C20H19F2N5O2. The highest BCUT2D eigenvalue weighted by Crippen LogP contribution is 2.31. The lowest BCUT2D eigenvalue weighted by molar-refractivity contribution is 0.0277. The summed E-state index contributed by atoms with van der Waals surface area (Å²) in [6.45, 7) is 0.725. The van der Waals surface area contributed by atoms with Gasteiger partial charge >= 0.3 is 6.03 Å². The average molecular weight is 399 g/mol. The highest BCUT2D eigenvalue weighted by Gasteiger charge is 2.39. The maximum absolute atomic E-state index is 13.5. The summed E-state index contributed by atoms with van der Waals surface area (Å²) in [6.07, 6.45) is 2.93. The van der Waals surface area contributed by atoms with Crippen LogP contribution in [0.3, 0.4) is 0 Å². The molecule has 1 saturated heterocycles. The lowest BCUT2D eigenvalue weighted by Crippen LogP contribution is -2.58. The Balaban J connectivity index is 1.38. The molecule has 7 nitrogen and oxygen atoms in total. The number of amides is 2. The third kappa shape index (κ3) is 3.75. The third-order valence-corrected chi connectivity index (χ3v) is 4.93. The van der Waals surface area contributed by atoms with Crippen LogP contribution in [0.1, 0.15) is 23.6 Å². The number of hydrazone groups is 1. The number of nitrogens with one attached hydrogen (secondary N) is 1. The van der Waals surface area contributed by atoms with Gasteiger partial charge in [-0.1, -0.05) is 0 Å². The number of halogens is 2. The molecule has 2 heterocycles. The minimum absolute atomic E-state index is 0.194. The number of nitrogens with two attached hydrogens (primary N) is 1. The van der Waals surface area contributed by atoms with Crippen LogP contribution in [0, 0.1) is 17.0 Å². The number of benzene rings is 2. The smallest absolute Gasteiger partial charge is 0.341 e. The van der Waals surface area contributed by atoms with Crippen molar-refractivity contribution in [3.05, 3.63) is 59.2 Å². The van der Waals surface area contributed by atoms with Crippen molar-refractivity contribution in [3.63, 3.8) is 0 Å². The van der Waals surface area contributed by atoms with E-state index in [1.807, 2.05) is 0 Å². The van der Waals surface area contributed by atoms with E-state index >= 15 is 0 Å². The summed E-state index contributed by atoms with van der Waals surface area (Å²) >= 11 is 0. The zero-order valence-corrected chi connectivity index (χ0v) is 15.4. The van der Waals surface area contributed by atoms with Gasteiger partial charge in [-0.25, -0.2) is 18.6 Å². The maximum atomic E-state index is 13.5. The molecule has 0 spiro atoms. The number of carbonyl (C=O) groups is 1. The molecular weight excluding hydrogens is 380 g/mol. The van der Waals surface area contributed by atoms with Crippen LogP contribution in [-0.2, 0) is 0 Å². The molecule has 9 heteroatoms. The maximum Gasteiger partial charge on any atom is 0.341 e. The number of anilines is 1. The van der Waals surface area contributed by atoms with Crippen molar-refractivity contribution in [2.75, 3.05) is 18.8 Å². The van der Waals surface area contributed by atoms with E-state index in [0.29, 0.717) is 42.1 Å². The monoisotopic (exact) mass is 399 g/mol. The molecule has 2 aliphatic rings. The number of urea groups is 1. The number of rotatable bonds is 4. The highest BCUT2D eigenvalue weighted by atomic mass is 19.1. The second kappa shape index (κ2) is 7.50. The Hall–Kier alpha value is -3.49. The number of carbonyl (C=O) groups excluding carboxylic acids is 1. The van der Waals surface area contributed by atoms with Crippen LogP contribution in [0.5, 0.6) is 5.75 Å². The topological polar surface area (TPSA) is 95.0 Å². The first-order chi connectivity index (χ1) is 13.9. The summed E-state index contributed by atoms with van der Waals surface area (Å²) < 4.78 is 32.9. The van der Waals surface area contributed by atoms with E-state index in [0.717, 1.165) is 6.07 Å². The Labute approximate surface area is 165 Å². The van der Waals surface area contributed by atoms with Gasteiger partial charge in [-0.05, 0) is 29.8 Å². The van der Waals surface area contributed by atoms with E-state index in [2.05, 4.69) is 5.10 Å². The van der Waals surface area contributed by atoms with E-state index in [-0.39, 0.29) is 12.1 Å². The van der Waals surface area contributed by atoms with Gasteiger partial charge in [0.1, 0.15) is 23.5 Å². The summed E-state index contributed by atoms with van der Waals surface area (Å²) in [5, 5.41) is 12.6. The van der Waals surface area contributed by atoms with Crippen molar-refractivity contribution in [2.24, 2.45) is 5.10 Å². The Morgan fingerprint density at radius 1 is 1.21 bits per heavy atom. The van der Waals surface area contributed by atoms with Crippen LogP contribution in [-0.4, -0.2) is 47.6 Å². The largest absolute Gasteiger partial charge is 0.487 e. The molecule has 150 valence electrons. The van der Waals surface area contributed by atoms with Gasteiger partial charge in [0, 0.05) is 42.2 Å². The first-order valence-corrected chi connectivity index (χ1v) is 9.08. The normalized spacial score (nSPS) is 18.6. The minimum atomic E-state index is -0.690. The van der Waals surface area contributed by atoms with E-state index in [1.165, 1.54) is 23.4 Å². The van der Waals surface area contributed by atoms with E-state index in [9.17, 15) is 13.6 Å². The Morgan fingerprint density at radius 3 is 2.59 bits per heavy atom. The molecule has 2 amide bonds. The molecule has 3 N–H and O–H groups in total. The molecule has 2 aromatic carbocycles. The van der Waals surface area contributed by atoms with Crippen LogP contribution in [0.25, 0.3) is 0 Å². The molecule has 29 heavy (non-hydrogen) atoms. The second-order valence-electron chi connectivity index (χ2n) is 6.96.